The maximum Gasteiger partial charge on any atom is 0.133 e. The van der Waals surface area contributed by atoms with Gasteiger partial charge in [-0.2, -0.15) is 0 Å². The second-order valence-electron chi connectivity index (χ2n) is 4.57. The Morgan fingerprint density at radius 2 is 1.85 bits per heavy atom. The lowest BCUT2D eigenvalue weighted by Gasteiger charge is -2.15. The van der Waals surface area contributed by atoms with Gasteiger partial charge in [0.05, 0.1) is 17.1 Å². The molecule has 0 radical (unpaired) electrons. The minimum Gasteiger partial charge on any atom is -0.492 e. The van der Waals surface area contributed by atoms with Crippen LogP contribution in [0, 0.1) is 0 Å². The molecule has 20 heavy (non-hydrogen) atoms. The van der Waals surface area contributed by atoms with Crippen molar-refractivity contribution in [3.8, 4) is 5.75 Å². The van der Waals surface area contributed by atoms with Gasteiger partial charge in [0, 0.05) is 4.47 Å². The van der Waals surface area contributed by atoms with E-state index < -0.39 is 0 Å². The molecule has 0 bridgehead atoms. The molecule has 0 aliphatic rings. The van der Waals surface area contributed by atoms with Crippen LogP contribution in [0.5, 0.6) is 5.75 Å². The first-order valence-corrected chi connectivity index (χ1v) is 8.13. The maximum atomic E-state index is 6.32. The molecule has 2 N–H and O–H groups in total. The van der Waals surface area contributed by atoms with Crippen molar-refractivity contribution in [2.45, 2.75) is 19.4 Å². The van der Waals surface area contributed by atoms with Gasteiger partial charge in [-0.05, 0) is 57.7 Å². The Labute approximate surface area is 136 Å². The van der Waals surface area contributed by atoms with Crippen LogP contribution in [0.2, 0.25) is 0 Å². The Balaban J connectivity index is 2.22. The maximum absolute atomic E-state index is 6.32. The van der Waals surface area contributed by atoms with Crippen LogP contribution in [0.3, 0.4) is 0 Å². The fourth-order valence-corrected chi connectivity index (χ4v) is 2.86. The van der Waals surface area contributed by atoms with Crippen LogP contribution in [0.15, 0.2) is 51.4 Å². The summed E-state index contributed by atoms with van der Waals surface area (Å²) >= 11 is 7.02. The molecule has 2 nitrogen and oxygen atoms in total. The van der Waals surface area contributed by atoms with E-state index in [0.29, 0.717) is 0 Å². The molecule has 0 aliphatic heterocycles. The van der Waals surface area contributed by atoms with Gasteiger partial charge in [-0.25, -0.2) is 0 Å². The Hall–Kier alpha value is -0.840. The van der Waals surface area contributed by atoms with E-state index in [9.17, 15) is 0 Å². The smallest absolute Gasteiger partial charge is 0.133 e. The summed E-state index contributed by atoms with van der Waals surface area (Å²) in [4.78, 5) is 0. The number of hydrogen-bond donors (Lipinski definition) is 1. The monoisotopic (exact) mass is 397 g/mol. The van der Waals surface area contributed by atoms with Gasteiger partial charge in [-0.3, -0.25) is 0 Å². The van der Waals surface area contributed by atoms with Crippen molar-refractivity contribution >= 4 is 31.9 Å². The van der Waals surface area contributed by atoms with Crippen molar-refractivity contribution in [2.75, 3.05) is 6.61 Å². The van der Waals surface area contributed by atoms with Crippen molar-refractivity contribution in [3.63, 3.8) is 0 Å². The summed E-state index contributed by atoms with van der Waals surface area (Å²) in [6.07, 6.45) is 0.992. The summed E-state index contributed by atoms with van der Waals surface area (Å²) in [5.41, 5.74) is 8.45. The topological polar surface area (TPSA) is 35.2 Å². The fourth-order valence-electron chi connectivity index (χ4n) is 1.93. The van der Waals surface area contributed by atoms with Crippen molar-refractivity contribution in [1.82, 2.24) is 0 Å². The summed E-state index contributed by atoms with van der Waals surface area (Å²) in [6.45, 7) is 2.81. The third kappa shape index (κ3) is 3.84. The van der Waals surface area contributed by atoms with Crippen LogP contribution in [-0.4, -0.2) is 6.61 Å². The van der Waals surface area contributed by atoms with Crippen molar-refractivity contribution < 1.29 is 4.74 Å². The quantitative estimate of drug-likeness (QED) is 0.764. The minimum absolute atomic E-state index is 0.149. The molecule has 2 rings (SSSR count). The van der Waals surface area contributed by atoms with E-state index in [1.165, 1.54) is 0 Å². The van der Waals surface area contributed by atoms with Gasteiger partial charge < -0.3 is 10.5 Å². The largest absolute Gasteiger partial charge is 0.492 e. The van der Waals surface area contributed by atoms with Gasteiger partial charge in [0.1, 0.15) is 5.75 Å². The van der Waals surface area contributed by atoms with Gasteiger partial charge in [-0.15, -0.1) is 0 Å². The summed E-state index contributed by atoms with van der Waals surface area (Å²) in [6, 6.07) is 13.9. The molecule has 0 amide bonds. The molecule has 2 aromatic rings. The van der Waals surface area contributed by atoms with E-state index >= 15 is 0 Å². The zero-order chi connectivity index (χ0) is 14.5. The molecule has 4 heteroatoms. The molecule has 0 heterocycles. The number of hydrogen-bond acceptors (Lipinski definition) is 2. The first kappa shape index (κ1) is 15.5. The predicted molar refractivity (Wildman–Crippen MR) is 90.1 cm³/mol. The Bertz CT molecular complexity index is 586. The predicted octanol–water partition coefficient (Wildman–Crippen LogP) is 5.05. The highest BCUT2D eigenvalue weighted by Gasteiger charge is 2.11. The Morgan fingerprint density at radius 3 is 2.50 bits per heavy atom. The summed E-state index contributed by atoms with van der Waals surface area (Å²) < 4.78 is 7.62. The average Bonchev–Trinajstić information content (AvgIpc) is 2.45. The molecule has 0 spiro atoms. The highest BCUT2D eigenvalue weighted by Crippen LogP contribution is 2.30. The highest BCUT2D eigenvalue weighted by molar-refractivity contribution is 9.10. The standard InChI is InChI=1S/C16H17Br2NO/c1-2-8-20-15-7-6-12(10-14(15)18)16(19)11-4-3-5-13(17)9-11/h3-7,9-10,16H,2,8,19H2,1H3. The average molecular weight is 399 g/mol. The summed E-state index contributed by atoms with van der Waals surface area (Å²) in [5.74, 6) is 0.858. The van der Waals surface area contributed by atoms with Gasteiger partial charge in [-0.1, -0.05) is 41.1 Å². The number of ether oxygens (including phenoxy) is 1. The molecule has 0 aromatic heterocycles. The van der Waals surface area contributed by atoms with Gasteiger partial charge in [0.25, 0.3) is 0 Å². The molecule has 106 valence electrons. The molecule has 0 fully saturated rings. The van der Waals surface area contributed by atoms with Crippen LogP contribution in [-0.2, 0) is 0 Å². The van der Waals surface area contributed by atoms with E-state index in [2.05, 4.69) is 38.8 Å². The van der Waals surface area contributed by atoms with Crippen LogP contribution in [0.4, 0.5) is 0 Å². The number of benzene rings is 2. The van der Waals surface area contributed by atoms with Crippen molar-refractivity contribution in [3.05, 3.63) is 62.5 Å². The number of nitrogens with two attached hydrogens (primary N) is 1. The zero-order valence-electron chi connectivity index (χ0n) is 11.3. The van der Waals surface area contributed by atoms with Crippen molar-refractivity contribution in [1.29, 1.82) is 0 Å². The molecule has 0 saturated heterocycles. The lowest BCUT2D eigenvalue weighted by Crippen LogP contribution is -2.12. The number of rotatable bonds is 5. The Kier molecular flexibility index (Phi) is 5.64. The van der Waals surface area contributed by atoms with E-state index in [1.54, 1.807) is 0 Å². The second kappa shape index (κ2) is 7.25. The third-order valence-electron chi connectivity index (χ3n) is 2.98. The van der Waals surface area contributed by atoms with E-state index in [1.807, 2.05) is 42.5 Å². The van der Waals surface area contributed by atoms with Crippen LogP contribution < -0.4 is 10.5 Å². The van der Waals surface area contributed by atoms with Gasteiger partial charge in [0.2, 0.25) is 0 Å². The van der Waals surface area contributed by atoms with Crippen LogP contribution in [0.25, 0.3) is 0 Å². The molecule has 0 aliphatic carbocycles. The summed E-state index contributed by atoms with van der Waals surface area (Å²) in [5, 5.41) is 0. The number of halogens is 2. The van der Waals surface area contributed by atoms with E-state index in [-0.39, 0.29) is 6.04 Å². The lowest BCUT2D eigenvalue weighted by molar-refractivity contribution is 0.315. The first-order valence-electron chi connectivity index (χ1n) is 6.55. The molecular weight excluding hydrogens is 382 g/mol. The normalized spacial score (nSPS) is 12.2. The first-order chi connectivity index (χ1) is 9.61. The van der Waals surface area contributed by atoms with Crippen molar-refractivity contribution in [2.24, 2.45) is 5.73 Å². The second-order valence-corrected chi connectivity index (χ2v) is 6.34. The molecule has 0 saturated carbocycles. The minimum atomic E-state index is -0.149. The molecule has 2 aromatic carbocycles. The van der Waals surface area contributed by atoms with Gasteiger partial charge in [0.15, 0.2) is 0 Å². The molecular formula is C16H17Br2NO. The third-order valence-corrected chi connectivity index (χ3v) is 4.10. The SMILES string of the molecule is CCCOc1ccc(C(N)c2cccc(Br)c2)cc1Br. The highest BCUT2D eigenvalue weighted by atomic mass is 79.9. The molecule has 1 atom stereocenters. The van der Waals surface area contributed by atoms with Gasteiger partial charge >= 0.3 is 0 Å². The fraction of sp³-hybridized carbons (Fsp3) is 0.250. The zero-order valence-corrected chi connectivity index (χ0v) is 14.4. The summed E-state index contributed by atoms with van der Waals surface area (Å²) in [7, 11) is 0. The van der Waals surface area contributed by atoms with Crippen LogP contribution in [0.1, 0.15) is 30.5 Å². The van der Waals surface area contributed by atoms with E-state index in [4.69, 9.17) is 10.5 Å². The van der Waals surface area contributed by atoms with E-state index in [0.717, 1.165) is 38.8 Å². The molecule has 1 unspecified atom stereocenters. The van der Waals surface area contributed by atoms with Crippen LogP contribution >= 0.6 is 31.9 Å². The Morgan fingerprint density at radius 1 is 1.10 bits per heavy atom. The lowest BCUT2D eigenvalue weighted by atomic mass is 10.00.